The summed E-state index contributed by atoms with van der Waals surface area (Å²) in [6.45, 7) is 3.64. The van der Waals surface area contributed by atoms with Gasteiger partial charge in [0.25, 0.3) is 0 Å². The third-order valence-electron chi connectivity index (χ3n) is 2.25. The molecule has 0 bridgehead atoms. The van der Waals surface area contributed by atoms with E-state index in [0.29, 0.717) is 11.5 Å². The highest BCUT2D eigenvalue weighted by atomic mass is 31.2. The van der Waals surface area contributed by atoms with Gasteiger partial charge in [-0.25, -0.2) is 4.57 Å². The Hall–Kier alpha value is -1.73. The molecule has 3 nitrogen and oxygen atoms in total. The summed E-state index contributed by atoms with van der Waals surface area (Å²) >= 11 is 0. The maximum Gasteiger partial charge on any atom is 0.430 e. The van der Waals surface area contributed by atoms with Gasteiger partial charge in [0.1, 0.15) is 11.5 Å². The van der Waals surface area contributed by atoms with E-state index in [1.165, 1.54) is 0 Å². The molecule has 93 valence electrons. The van der Waals surface area contributed by atoms with Crippen molar-refractivity contribution in [3.63, 3.8) is 0 Å². The number of benzene rings is 2. The van der Waals surface area contributed by atoms with Crippen molar-refractivity contribution in [3.8, 4) is 11.5 Å². The smallest absolute Gasteiger partial charge is 0.416 e. The molecule has 0 saturated carbocycles. The lowest BCUT2D eigenvalue weighted by Gasteiger charge is -2.18. The Bertz CT molecular complexity index is 480. The molecular formula is C14H14O3P. The molecule has 0 saturated heterocycles. The van der Waals surface area contributed by atoms with Gasteiger partial charge in [0.05, 0.1) is 6.16 Å². The van der Waals surface area contributed by atoms with E-state index in [1.807, 2.05) is 36.4 Å². The van der Waals surface area contributed by atoms with Crippen LogP contribution in [0, 0.1) is 6.92 Å². The Morgan fingerprint density at radius 1 is 0.833 bits per heavy atom. The maximum atomic E-state index is 12.4. The van der Waals surface area contributed by atoms with Crippen molar-refractivity contribution in [3.05, 3.63) is 67.6 Å². The highest BCUT2D eigenvalue weighted by Crippen LogP contribution is 2.47. The number of hydrogen-bond donors (Lipinski definition) is 0. The second-order valence-corrected chi connectivity index (χ2v) is 5.68. The van der Waals surface area contributed by atoms with Crippen LogP contribution in [0.2, 0.25) is 0 Å². The first-order valence-corrected chi connectivity index (χ1v) is 7.32. The van der Waals surface area contributed by atoms with Crippen LogP contribution in [0.5, 0.6) is 11.5 Å². The van der Waals surface area contributed by atoms with Gasteiger partial charge in [0.2, 0.25) is 0 Å². The summed E-state index contributed by atoms with van der Waals surface area (Å²) in [6, 6.07) is 17.9. The first kappa shape index (κ1) is 12.7. The van der Waals surface area contributed by atoms with Gasteiger partial charge in [-0.05, 0) is 31.2 Å². The predicted molar refractivity (Wildman–Crippen MR) is 72.0 cm³/mol. The molecule has 0 aliphatic heterocycles. The van der Waals surface area contributed by atoms with E-state index in [9.17, 15) is 4.57 Å². The van der Waals surface area contributed by atoms with Crippen molar-refractivity contribution >= 4 is 7.60 Å². The predicted octanol–water partition coefficient (Wildman–Crippen LogP) is 4.17. The lowest BCUT2D eigenvalue weighted by Crippen LogP contribution is -2.03. The Morgan fingerprint density at radius 2 is 1.22 bits per heavy atom. The van der Waals surface area contributed by atoms with Crippen molar-refractivity contribution in [1.82, 2.24) is 0 Å². The largest absolute Gasteiger partial charge is 0.430 e. The van der Waals surface area contributed by atoms with Crippen molar-refractivity contribution in [2.45, 2.75) is 0 Å². The average Bonchev–Trinajstić information content (AvgIpc) is 2.41. The summed E-state index contributed by atoms with van der Waals surface area (Å²) in [5.41, 5.74) is 0. The Balaban J connectivity index is 2.14. The molecular weight excluding hydrogens is 247 g/mol. The summed E-state index contributed by atoms with van der Waals surface area (Å²) in [5.74, 6) is 1.03. The highest BCUT2D eigenvalue weighted by Gasteiger charge is 2.25. The van der Waals surface area contributed by atoms with Gasteiger partial charge in [-0.1, -0.05) is 36.4 Å². The molecule has 0 aliphatic rings. The average molecular weight is 261 g/mol. The van der Waals surface area contributed by atoms with E-state index < -0.39 is 7.60 Å². The van der Waals surface area contributed by atoms with Gasteiger partial charge < -0.3 is 9.05 Å². The number of para-hydroxylation sites is 2. The maximum absolute atomic E-state index is 12.4. The van der Waals surface area contributed by atoms with E-state index in [-0.39, 0.29) is 6.16 Å². The van der Waals surface area contributed by atoms with Gasteiger partial charge in [-0.3, -0.25) is 0 Å². The van der Waals surface area contributed by atoms with Crippen LogP contribution >= 0.6 is 7.60 Å². The zero-order chi connectivity index (χ0) is 12.8. The molecule has 2 rings (SSSR count). The molecule has 0 spiro atoms. The molecule has 0 N–H and O–H groups in total. The van der Waals surface area contributed by atoms with Crippen LogP contribution in [-0.4, -0.2) is 6.16 Å². The number of rotatable bonds is 5. The Morgan fingerprint density at radius 3 is 1.56 bits per heavy atom. The third-order valence-corrected chi connectivity index (χ3v) is 3.77. The molecule has 4 heteroatoms. The SMILES string of the molecule is [CH2]CP(=O)(Oc1ccccc1)Oc1ccccc1. The van der Waals surface area contributed by atoms with Crippen LogP contribution in [0.1, 0.15) is 0 Å². The second kappa shape index (κ2) is 5.74. The molecule has 0 atom stereocenters. The lowest BCUT2D eigenvalue weighted by molar-refractivity contribution is 0.389. The van der Waals surface area contributed by atoms with E-state index in [1.54, 1.807) is 24.3 Å². The van der Waals surface area contributed by atoms with E-state index in [4.69, 9.17) is 9.05 Å². The molecule has 2 aromatic carbocycles. The molecule has 0 unspecified atom stereocenters. The quantitative estimate of drug-likeness (QED) is 0.758. The second-order valence-electron chi connectivity index (χ2n) is 3.64. The van der Waals surface area contributed by atoms with Crippen molar-refractivity contribution in [2.75, 3.05) is 6.16 Å². The molecule has 0 aromatic heterocycles. The van der Waals surface area contributed by atoms with Crippen LogP contribution < -0.4 is 9.05 Å². The summed E-state index contributed by atoms with van der Waals surface area (Å²) in [6.07, 6.45) is 0.0663. The van der Waals surface area contributed by atoms with Crippen LogP contribution in [0.15, 0.2) is 60.7 Å². The van der Waals surface area contributed by atoms with Crippen LogP contribution in [0.4, 0.5) is 0 Å². The number of hydrogen-bond acceptors (Lipinski definition) is 3. The molecule has 0 aliphatic carbocycles. The molecule has 0 fully saturated rings. The summed E-state index contributed by atoms with van der Waals surface area (Å²) in [5, 5.41) is 0. The minimum absolute atomic E-state index is 0.0663. The first-order chi connectivity index (χ1) is 8.72. The van der Waals surface area contributed by atoms with Crippen LogP contribution in [0.25, 0.3) is 0 Å². The Kier molecular flexibility index (Phi) is 4.06. The molecule has 1 radical (unpaired) electrons. The van der Waals surface area contributed by atoms with Crippen molar-refractivity contribution in [2.24, 2.45) is 0 Å². The summed E-state index contributed by atoms with van der Waals surface area (Å²) in [7, 11) is -3.26. The standard InChI is InChI=1S/C14H14O3P/c1-2-18(15,16-13-9-5-3-6-10-13)17-14-11-7-4-8-12-14/h3-12H,1-2H2. The lowest BCUT2D eigenvalue weighted by atomic mass is 10.3. The third kappa shape index (κ3) is 3.38. The van der Waals surface area contributed by atoms with Gasteiger partial charge in [0.15, 0.2) is 0 Å². The highest BCUT2D eigenvalue weighted by molar-refractivity contribution is 7.54. The monoisotopic (exact) mass is 261 g/mol. The van der Waals surface area contributed by atoms with E-state index in [0.717, 1.165) is 0 Å². The minimum atomic E-state index is -3.26. The summed E-state index contributed by atoms with van der Waals surface area (Å²) in [4.78, 5) is 0. The van der Waals surface area contributed by atoms with Gasteiger partial charge >= 0.3 is 7.60 Å². The zero-order valence-electron chi connectivity index (χ0n) is 9.86. The fourth-order valence-electron chi connectivity index (χ4n) is 1.39. The van der Waals surface area contributed by atoms with Crippen LogP contribution in [0.3, 0.4) is 0 Å². The minimum Gasteiger partial charge on any atom is -0.416 e. The molecule has 18 heavy (non-hydrogen) atoms. The normalized spacial score (nSPS) is 10.9. The van der Waals surface area contributed by atoms with Crippen molar-refractivity contribution in [1.29, 1.82) is 0 Å². The first-order valence-electron chi connectivity index (χ1n) is 5.59. The van der Waals surface area contributed by atoms with Crippen LogP contribution in [-0.2, 0) is 4.57 Å². The molecule has 0 heterocycles. The topological polar surface area (TPSA) is 35.5 Å². The summed E-state index contributed by atoms with van der Waals surface area (Å²) < 4.78 is 23.3. The molecule has 2 aromatic rings. The fraction of sp³-hybridized carbons (Fsp3) is 0.0714. The zero-order valence-corrected chi connectivity index (χ0v) is 10.8. The molecule has 0 amide bonds. The van der Waals surface area contributed by atoms with E-state index >= 15 is 0 Å². The van der Waals surface area contributed by atoms with E-state index in [2.05, 4.69) is 6.92 Å². The fourth-order valence-corrected chi connectivity index (χ4v) is 2.50. The van der Waals surface area contributed by atoms with Crippen molar-refractivity contribution < 1.29 is 13.6 Å². The van der Waals surface area contributed by atoms with Gasteiger partial charge in [-0.15, -0.1) is 0 Å². The van der Waals surface area contributed by atoms with Gasteiger partial charge in [-0.2, -0.15) is 0 Å². The van der Waals surface area contributed by atoms with Gasteiger partial charge in [0, 0.05) is 0 Å². The Labute approximate surface area is 107 Å².